The number of thiazole rings is 1. The number of anilines is 1. The summed E-state index contributed by atoms with van der Waals surface area (Å²) in [6, 6.07) is 4.10. The molecular weight excluding hydrogens is 383 g/mol. The van der Waals surface area contributed by atoms with Crippen molar-refractivity contribution in [3.8, 4) is 0 Å². The molecule has 0 fully saturated rings. The van der Waals surface area contributed by atoms with E-state index in [-0.39, 0.29) is 20.1 Å². The maximum absolute atomic E-state index is 12.0. The Morgan fingerprint density at radius 2 is 1.83 bits per heavy atom. The number of rotatable bonds is 3. The number of nitrogens with one attached hydrogen (secondary N) is 1. The van der Waals surface area contributed by atoms with Crippen LogP contribution in [0.2, 0.25) is 10.0 Å². The van der Waals surface area contributed by atoms with Gasteiger partial charge in [0.05, 0.1) is 14.9 Å². The van der Waals surface area contributed by atoms with Gasteiger partial charge in [0.1, 0.15) is 0 Å². The minimum absolute atomic E-state index is 0.00803. The van der Waals surface area contributed by atoms with Gasteiger partial charge in [-0.05, 0) is 34.1 Å². The Balaban J connectivity index is 2.36. The monoisotopic (exact) mass is 386 g/mol. The lowest BCUT2D eigenvalue weighted by atomic mass is 10.4. The van der Waals surface area contributed by atoms with Crippen molar-refractivity contribution in [3.63, 3.8) is 0 Å². The molecule has 2 aromatic rings. The van der Waals surface area contributed by atoms with Crippen molar-refractivity contribution < 1.29 is 8.42 Å². The number of aromatic nitrogens is 1. The molecular formula is C9H5BrCl2N2O2S2. The summed E-state index contributed by atoms with van der Waals surface area (Å²) in [6.07, 6.45) is 1.51. The lowest BCUT2D eigenvalue weighted by Crippen LogP contribution is -2.12. The Hall–Kier alpha value is -0.340. The van der Waals surface area contributed by atoms with Gasteiger partial charge in [-0.25, -0.2) is 13.4 Å². The third-order valence-electron chi connectivity index (χ3n) is 1.85. The zero-order chi connectivity index (χ0) is 13.3. The molecule has 0 aliphatic heterocycles. The Bertz CT molecular complexity index is 667. The molecule has 2 rings (SSSR count). The fourth-order valence-electron chi connectivity index (χ4n) is 1.16. The average Bonchev–Trinajstić information content (AvgIpc) is 2.61. The smallest absolute Gasteiger partial charge is 0.255 e. The molecule has 1 aromatic heterocycles. The standard InChI is InChI=1S/C9H5BrCl2N2O2S2/c10-8-4-13-9(17-8)14-18(15,16)7-2-5(11)1-6(12)3-7/h1-4H,(H,13,14). The molecule has 1 heterocycles. The van der Waals surface area contributed by atoms with Crippen LogP contribution in [-0.4, -0.2) is 13.4 Å². The maximum atomic E-state index is 12.0. The minimum Gasteiger partial charge on any atom is -0.255 e. The molecule has 4 nitrogen and oxygen atoms in total. The molecule has 1 N–H and O–H groups in total. The summed E-state index contributed by atoms with van der Waals surface area (Å²) >= 11 is 15.9. The molecule has 96 valence electrons. The molecule has 0 aliphatic carbocycles. The highest BCUT2D eigenvalue weighted by Crippen LogP contribution is 2.27. The third-order valence-corrected chi connectivity index (χ3v) is 5.12. The van der Waals surface area contributed by atoms with Gasteiger partial charge in [-0.2, -0.15) is 0 Å². The van der Waals surface area contributed by atoms with E-state index in [0.717, 1.165) is 3.79 Å². The van der Waals surface area contributed by atoms with Crippen LogP contribution < -0.4 is 4.72 Å². The zero-order valence-corrected chi connectivity index (χ0v) is 13.3. The molecule has 0 aliphatic rings. The highest BCUT2D eigenvalue weighted by molar-refractivity contribution is 9.11. The summed E-state index contributed by atoms with van der Waals surface area (Å²) in [4.78, 5) is 3.88. The van der Waals surface area contributed by atoms with Crippen LogP contribution in [0.15, 0.2) is 33.1 Å². The Morgan fingerprint density at radius 1 is 1.22 bits per heavy atom. The minimum atomic E-state index is -3.74. The fraction of sp³-hybridized carbons (Fsp3) is 0. The summed E-state index contributed by atoms with van der Waals surface area (Å²) < 4.78 is 27.1. The largest absolute Gasteiger partial charge is 0.263 e. The summed E-state index contributed by atoms with van der Waals surface area (Å²) in [5, 5.41) is 0.768. The van der Waals surface area contributed by atoms with Crippen LogP contribution in [0.5, 0.6) is 0 Å². The Labute approximate surface area is 126 Å². The molecule has 0 saturated carbocycles. The first kappa shape index (κ1) is 14.1. The van der Waals surface area contributed by atoms with Crippen molar-refractivity contribution >= 4 is 65.6 Å². The van der Waals surface area contributed by atoms with Crippen molar-refractivity contribution in [2.75, 3.05) is 4.72 Å². The SMILES string of the molecule is O=S(=O)(Nc1ncc(Br)s1)c1cc(Cl)cc(Cl)c1. The lowest BCUT2D eigenvalue weighted by molar-refractivity contribution is 0.601. The predicted octanol–water partition coefficient (Wildman–Crippen LogP) is 4.01. The van der Waals surface area contributed by atoms with Crippen LogP contribution in [-0.2, 0) is 10.0 Å². The maximum Gasteiger partial charge on any atom is 0.263 e. The van der Waals surface area contributed by atoms with Crippen molar-refractivity contribution in [2.45, 2.75) is 4.90 Å². The van der Waals surface area contributed by atoms with Crippen LogP contribution in [0.4, 0.5) is 5.13 Å². The number of hydrogen-bond acceptors (Lipinski definition) is 4. The van der Waals surface area contributed by atoms with Crippen LogP contribution in [0, 0.1) is 0 Å². The van der Waals surface area contributed by atoms with E-state index in [0.29, 0.717) is 0 Å². The van der Waals surface area contributed by atoms with Crippen LogP contribution in [0.1, 0.15) is 0 Å². The van der Waals surface area contributed by atoms with Crippen LogP contribution >= 0.6 is 50.5 Å². The molecule has 1 aromatic carbocycles. The summed E-state index contributed by atoms with van der Waals surface area (Å²) in [5.74, 6) is 0. The molecule has 0 unspecified atom stereocenters. The number of nitrogens with zero attached hydrogens (tertiary/aromatic N) is 1. The summed E-state index contributed by atoms with van der Waals surface area (Å²) in [7, 11) is -3.74. The topological polar surface area (TPSA) is 59.1 Å². The van der Waals surface area contributed by atoms with Gasteiger partial charge < -0.3 is 0 Å². The normalized spacial score (nSPS) is 11.5. The van der Waals surface area contributed by atoms with Gasteiger partial charge in [0, 0.05) is 10.0 Å². The third kappa shape index (κ3) is 3.36. The van der Waals surface area contributed by atoms with E-state index in [9.17, 15) is 8.42 Å². The van der Waals surface area contributed by atoms with E-state index in [1.54, 1.807) is 0 Å². The molecule has 0 atom stereocenters. The molecule has 0 amide bonds. The van der Waals surface area contributed by atoms with Crippen molar-refractivity contribution in [1.29, 1.82) is 0 Å². The van der Waals surface area contributed by atoms with Gasteiger partial charge in [-0.3, -0.25) is 4.72 Å². The summed E-state index contributed by atoms with van der Waals surface area (Å²) in [6.45, 7) is 0. The van der Waals surface area contributed by atoms with Gasteiger partial charge >= 0.3 is 0 Å². The summed E-state index contributed by atoms with van der Waals surface area (Å²) in [5.41, 5.74) is 0. The highest BCUT2D eigenvalue weighted by Gasteiger charge is 2.17. The first-order valence-corrected chi connectivity index (χ1v) is 8.32. The van der Waals surface area contributed by atoms with Crippen LogP contribution in [0.25, 0.3) is 0 Å². The average molecular weight is 388 g/mol. The second-order valence-corrected chi connectivity index (χ2v) is 8.15. The van der Waals surface area contributed by atoms with Crippen molar-refractivity contribution in [2.24, 2.45) is 0 Å². The quantitative estimate of drug-likeness (QED) is 0.865. The molecule has 18 heavy (non-hydrogen) atoms. The number of hydrogen-bond donors (Lipinski definition) is 1. The van der Waals surface area contributed by atoms with Crippen molar-refractivity contribution in [1.82, 2.24) is 4.98 Å². The number of sulfonamides is 1. The second kappa shape index (κ2) is 5.34. The number of benzene rings is 1. The molecule has 0 saturated heterocycles. The van der Waals surface area contributed by atoms with E-state index >= 15 is 0 Å². The van der Waals surface area contributed by atoms with Crippen molar-refractivity contribution in [3.05, 3.63) is 38.2 Å². The predicted molar refractivity (Wildman–Crippen MR) is 77.1 cm³/mol. The van der Waals surface area contributed by atoms with E-state index < -0.39 is 10.0 Å². The van der Waals surface area contributed by atoms with Gasteiger partial charge in [-0.1, -0.05) is 34.5 Å². The lowest BCUT2D eigenvalue weighted by Gasteiger charge is -2.05. The Morgan fingerprint density at radius 3 is 2.33 bits per heavy atom. The number of halogens is 3. The van der Waals surface area contributed by atoms with Gasteiger partial charge in [0.2, 0.25) is 0 Å². The fourth-order valence-corrected chi connectivity index (χ4v) is 4.23. The van der Waals surface area contributed by atoms with Crippen LogP contribution in [0.3, 0.4) is 0 Å². The second-order valence-electron chi connectivity index (χ2n) is 3.18. The Kier molecular flexibility index (Phi) is 4.18. The van der Waals surface area contributed by atoms with E-state index in [2.05, 4.69) is 25.6 Å². The first-order chi connectivity index (χ1) is 8.37. The van der Waals surface area contributed by atoms with Gasteiger partial charge in [0.25, 0.3) is 10.0 Å². The molecule has 0 bridgehead atoms. The highest BCUT2D eigenvalue weighted by atomic mass is 79.9. The molecule has 0 radical (unpaired) electrons. The zero-order valence-electron chi connectivity index (χ0n) is 8.52. The van der Waals surface area contributed by atoms with Gasteiger partial charge in [0.15, 0.2) is 5.13 Å². The van der Waals surface area contributed by atoms with E-state index in [4.69, 9.17) is 23.2 Å². The van der Waals surface area contributed by atoms with E-state index in [1.165, 1.54) is 35.7 Å². The van der Waals surface area contributed by atoms with Gasteiger partial charge in [-0.15, -0.1) is 0 Å². The molecule has 0 spiro atoms. The van der Waals surface area contributed by atoms with E-state index in [1.807, 2.05) is 0 Å². The molecule has 9 heteroatoms. The first-order valence-electron chi connectivity index (χ1n) is 4.47.